The number of benzene rings is 3. The van der Waals surface area contributed by atoms with Crippen LogP contribution in [0.3, 0.4) is 0 Å². The first-order chi connectivity index (χ1) is 23.2. The minimum Gasteiger partial charge on any atom is -0.493 e. The van der Waals surface area contributed by atoms with Crippen molar-refractivity contribution < 1.29 is 23.5 Å². The van der Waals surface area contributed by atoms with E-state index in [-0.39, 0.29) is 35.8 Å². The molecule has 2 N–H and O–H groups in total. The first-order valence-corrected chi connectivity index (χ1v) is 15.6. The van der Waals surface area contributed by atoms with Crippen LogP contribution in [0.15, 0.2) is 96.2 Å². The quantitative estimate of drug-likeness (QED) is 0.184. The maximum Gasteiger partial charge on any atom is 0.259 e. The third-order valence-electron chi connectivity index (χ3n) is 8.55. The van der Waals surface area contributed by atoms with Crippen LogP contribution in [-0.2, 0) is 13.0 Å². The number of carbonyl (C=O) groups excluding carboxylic acids is 2. The number of halogens is 1. The second-order valence-electron chi connectivity index (χ2n) is 11.7. The topological polar surface area (TPSA) is 117 Å². The Kier molecular flexibility index (Phi) is 9.33. The molecule has 0 unspecified atom stereocenters. The molecule has 244 valence electrons. The molecule has 1 fully saturated rings. The summed E-state index contributed by atoms with van der Waals surface area (Å²) in [4.78, 5) is 46.6. The van der Waals surface area contributed by atoms with Gasteiger partial charge in [-0.05, 0) is 65.4 Å². The third-order valence-corrected chi connectivity index (χ3v) is 8.55. The number of amides is 1. The highest BCUT2D eigenvalue weighted by Gasteiger charge is 2.25. The molecule has 1 saturated heterocycles. The number of pyridine rings is 2. The number of ketones is 1. The van der Waals surface area contributed by atoms with Gasteiger partial charge in [0.15, 0.2) is 17.3 Å². The molecule has 9 nitrogen and oxygen atoms in total. The lowest BCUT2D eigenvalue weighted by molar-refractivity contribution is 0.0790. The molecular formula is C38H35FN4O5. The number of nitrogen functional groups attached to an aromatic ring is 1. The summed E-state index contributed by atoms with van der Waals surface area (Å²) in [5.41, 5.74) is 10.3. The zero-order valence-corrected chi connectivity index (χ0v) is 26.7. The van der Waals surface area contributed by atoms with Crippen molar-refractivity contribution in [3.8, 4) is 33.8 Å². The Labute approximate surface area is 277 Å². The summed E-state index contributed by atoms with van der Waals surface area (Å²) in [5, 5.41) is 0. The smallest absolute Gasteiger partial charge is 0.259 e. The van der Waals surface area contributed by atoms with Gasteiger partial charge in [-0.15, -0.1) is 0 Å². The minimum atomic E-state index is -0.588. The summed E-state index contributed by atoms with van der Waals surface area (Å²) >= 11 is 0. The van der Waals surface area contributed by atoms with Gasteiger partial charge in [-0.25, -0.2) is 9.37 Å². The molecular weight excluding hydrogens is 611 g/mol. The van der Waals surface area contributed by atoms with Crippen molar-refractivity contribution in [1.29, 1.82) is 0 Å². The summed E-state index contributed by atoms with van der Waals surface area (Å²) < 4.78 is 26.0. The molecule has 3 aromatic carbocycles. The van der Waals surface area contributed by atoms with Crippen LogP contribution >= 0.6 is 0 Å². The first-order valence-electron chi connectivity index (χ1n) is 15.6. The van der Waals surface area contributed by atoms with Gasteiger partial charge in [0, 0.05) is 55.8 Å². The molecule has 48 heavy (non-hydrogen) atoms. The number of hydrogen-bond donors (Lipinski definition) is 1. The fraction of sp³-hybridized carbons (Fsp3) is 0.211. The van der Waals surface area contributed by atoms with Crippen LogP contribution in [0.4, 0.5) is 10.2 Å². The number of likely N-dealkylation sites (tertiary alicyclic amines) is 1. The average molecular weight is 647 g/mol. The van der Waals surface area contributed by atoms with Gasteiger partial charge >= 0.3 is 0 Å². The normalized spacial score (nSPS) is 12.6. The lowest BCUT2D eigenvalue weighted by atomic mass is 9.97. The minimum absolute atomic E-state index is 0.0439. The van der Waals surface area contributed by atoms with Crippen LogP contribution in [-0.4, -0.2) is 53.5 Å². The number of rotatable bonds is 10. The van der Waals surface area contributed by atoms with Crippen LogP contribution in [0.2, 0.25) is 0 Å². The van der Waals surface area contributed by atoms with E-state index in [2.05, 4.69) is 4.98 Å². The molecule has 6 rings (SSSR count). The van der Waals surface area contributed by atoms with Crippen molar-refractivity contribution in [3.63, 3.8) is 0 Å². The summed E-state index contributed by atoms with van der Waals surface area (Å²) in [6.07, 6.45) is 6.35. The number of anilines is 1. The fourth-order valence-corrected chi connectivity index (χ4v) is 5.93. The van der Waals surface area contributed by atoms with E-state index in [0.29, 0.717) is 36.0 Å². The molecule has 0 saturated carbocycles. The molecule has 0 radical (unpaired) electrons. The molecule has 0 spiro atoms. The molecule has 10 heteroatoms. The molecule has 0 atom stereocenters. The Morgan fingerprint density at radius 1 is 0.812 bits per heavy atom. The predicted octanol–water partition coefficient (Wildman–Crippen LogP) is 6.03. The van der Waals surface area contributed by atoms with Crippen molar-refractivity contribution >= 4 is 17.5 Å². The van der Waals surface area contributed by atoms with E-state index in [1.54, 1.807) is 42.0 Å². The molecule has 5 aromatic rings. The largest absolute Gasteiger partial charge is 0.493 e. The summed E-state index contributed by atoms with van der Waals surface area (Å²) in [6, 6.07) is 20.8. The predicted molar refractivity (Wildman–Crippen MR) is 182 cm³/mol. The standard InChI is InChI=1S/C38H35FN4O5/c1-47-34-14-11-27(19-35(34)48-2)28-18-30(37(40)41-20-28)26-9-5-24(6-10-26)17-33(44)31-22-42(21-25-7-12-29(39)13-8-25)23-32(36(31)45)38(46)43-15-3-4-16-43/h5-14,18-20,22-23H,3-4,15-17,21H2,1-2H3,(H2,40,41). The Hall–Kier alpha value is -5.77. The highest BCUT2D eigenvalue weighted by Crippen LogP contribution is 2.35. The Morgan fingerprint density at radius 3 is 2.15 bits per heavy atom. The van der Waals surface area contributed by atoms with E-state index in [1.807, 2.05) is 48.5 Å². The van der Waals surface area contributed by atoms with Crippen LogP contribution in [0.5, 0.6) is 11.5 Å². The van der Waals surface area contributed by atoms with Gasteiger partial charge < -0.3 is 24.7 Å². The highest BCUT2D eigenvalue weighted by molar-refractivity contribution is 6.01. The van der Waals surface area contributed by atoms with E-state index in [4.69, 9.17) is 15.2 Å². The zero-order valence-electron chi connectivity index (χ0n) is 26.7. The number of methoxy groups -OCH3 is 2. The number of ether oxygens (including phenoxy) is 2. The number of nitrogens with zero attached hydrogens (tertiary/aromatic N) is 3. The van der Waals surface area contributed by atoms with Gasteiger partial charge in [0.2, 0.25) is 5.43 Å². The number of Topliss-reactive ketones (excluding diaryl/α,β-unsaturated/α-hetero) is 1. The lowest BCUT2D eigenvalue weighted by Crippen LogP contribution is -2.34. The maximum absolute atomic E-state index is 13.7. The van der Waals surface area contributed by atoms with E-state index < -0.39 is 11.2 Å². The van der Waals surface area contributed by atoms with Crippen molar-refractivity contribution in [1.82, 2.24) is 14.5 Å². The number of nitrogens with two attached hydrogens (primary N) is 1. The second-order valence-corrected chi connectivity index (χ2v) is 11.7. The van der Waals surface area contributed by atoms with Gasteiger partial charge in [0.25, 0.3) is 5.91 Å². The van der Waals surface area contributed by atoms with E-state index in [1.165, 1.54) is 24.5 Å². The van der Waals surface area contributed by atoms with Gasteiger partial charge in [-0.1, -0.05) is 42.5 Å². The molecule has 1 aliphatic rings. The molecule has 2 aromatic heterocycles. The van der Waals surface area contributed by atoms with Crippen molar-refractivity contribution in [2.24, 2.45) is 0 Å². The molecule has 0 aliphatic carbocycles. The lowest BCUT2D eigenvalue weighted by Gasteiger charge is -2.17. The number of aromatic nitrogens is 2. The fourth-order valence-electron chi connectivity index (χ4n) is 5.93. The van der Waals surface area contributed by atoms with E-state index in [0.717, 1.165) is 40.7 Å². The van der Waals surface area contributed by atoms with E-state index >= 15 is 0 Å². The summed E-state index contributed by atoms with van der Waals surface area (Å²) in [7, 11) is 3.16. The van der Waals surface area contributed by atoms with E-state index in [9.17, 15) is 18.8 Å². The van der Waals surface area contributed by atoms with Gasteiger partial charge in [0.1, 0.15) is 17.2 Å². The highest BCUT2D eigenvalue weighted by atomic mass is 19.1. The first kappa shape index (κ1) is 32.2. The van der Waals surface area contributed by atoms with Crippen molar-refractivity contribution in [2.45, 2.75) is 25.8 Å². The second kappa shape index (κ2) is 13.9. The summed E-state index contributed by atoms with van der Waals surface area (Å²) in [6.45, 7) is 1.39. The third kappa shape index (κ3) is 6.83. The number of carbonyl (C=O) groups is 2. The van der Waals surface area contributed by atoms with Crippen molar-refractivity contribution in [3.05, 3.63) is 130 Å². The maximum atomic E-state index is 13.7. The van der Waals surface area contributed by atoms with Gasteiger partial charge in [-0.2, -0.15) is 0 Å². The zero-order chi connectivity index (χ0) is 33.8. The monoisotopic (exact) mass is 646 g/mol. The van der Waals surface area contributed by atoms with Crippen LogP contribution in [0.25, 0.3) is 22.3 Å². The molecule has 1 amide bonds. The van der Waals surface area contributed by atoms with Crippen LogP contribution < -0.4 is 20.6 Å². The van der Waals surface area contributed by atoms with Gasteiger partial charge in [0.05, 0.1) is 19.8 Å². The number of hydrogen-bond acceptors (Lipinski definition) is 7. The Bertz CT molecular complexity index is 2030. The molecule has 3 heterocycles. The Balaban J connectivity index is 1.26. The Morgan fingerprint density at radius 2 is 1.46 bits per heavy atom. The van der Waals surface area contributed by atoms with Gasteiger partial charge in [-0.3, -0.25) is 14.4 Å². The van der Waals surface area contributed by atoms with Crippen LogP contribution in [0, 0.1) is 5.82 Å². The molecule has 1 aliphatic heterocycles. The summed E-state index contributed by atoms with van der Waals surface area (Å²) in [5.74, 6) is 0.403. The van der Waals surface area contributed by atoms with Crippen molar-refractivity contribution in [2.75, 3.05) is 33.0 Å². The SMILES string of the molecule is COc1ccc(-c2cnc(N)c(-c3ccc(CC(=O)c4cn(Cc5ccc(F)cc5)cc(C(=O)N5CCCC5)c4=O)cc3)c2)cc1OC. The molecule has 0 bridgehead atoms. The average Bonchev–Trinajstić information content (AvgIpc) is 3.65. The van der Waals surface area contributed by atoms with Crippen LogP contribution in [0.1, 0.15) is 44.7 Å².